The van der Waals surface area contributed by atoms with Crippen LogP contribution in [0.3, 0.4) is 0 Å². The average molecular weight is 411 g/mol. The minimum absolute atomic E-state index is 0.0174. The summed E-state index contributed by atoms with van der Waals surface area (Å²) in [5, 5.41) is 2.89. The summed E-state index contributed by atoms with van der Waals surface area (Å²) >= 11 is 1.63. The van der Waals surface area contributed by atoms with Crippen LogP contribution in [0.15, 0.2) is 48.5 Å². The van der Waals surface area contributed by atoms with Crippen LogP contribution in [0.5, 0.6) is 0 Å². The van der Waals surface area contributed by atoms with E-state index in [1.54, 1.807) is 11.8 Å². The Kier molecular flexibility index (Phi) is 5.81. The molecular weight excluding hydrogens is 380 g/mol. The maximum Gasteiger partial charge on any atom is 0.238 e. The molecule has 0 saturated carbocycles. The number of carbonyl (C=O) groups is 2. The van der Waals surface area contributed by atoms with Crippen LogP contribution < -0.4 is 10.2 Å². The van der Waals surface area contributed by atoms with E-state index in [2.05, 4.69) is 38.2 Å². The maximum absolute atomic E-state index is 12.6. The van der Waals surface area contributed by atoms with E-state index in [-0.39, 0.29) is 22.6 Å². The van der Waals surface area contributed by atoms with Crippen LogP contribution in [-0.2, 0) is 15.0 Å². The lowest BCUT2D eigenvalue weighted by Crippen LogP contribution is -2.28. The zero-order valence-electron chi connectivity index (χ0n) is 18.1. The highest BCUT2D eigenvalue weighted by Gasteiger charge is 2.34. The number of rotatable bonds is 3. The van der Waals surface area contributed by atoms with Gasteiger partial charge in [0, 0.05) is 16.8 Å². The number of hydrogen-bond acceptors (Lipinski definition) is 3. The van der Waals surface area contributed by atoms with Crippen molar-refractivity contribution in [2.24, 2.45) is 5.41 Å². The fraction of sp³-hybridized carbons (Fsp3) is 0.417. The largest absolute Gasteiger partial charge is 0.326 e. The Morgan fingerprint density at radius 2 is 1.55 bits per heavy atom. The van der Waals surface area contributed by atoms with E-state index in [1.165, 1.54) is 5.56 Å². The van der Waals surface area contributed by atoms with Gasteiger partial charge in [-0.25, -0.2) is 0 Å². The van der Waals surface area contributed by atoms with Gasteiger partial charge in [-0.05, 0) is 40.8 Å². The third kappa shape index (κ3) is 4.84. The van der Waals surface area contributed by atoms with Crippen LogP contribution >= 0.6 is 11.8 Å². The number of thioether (sulfide) groups is 1. The molecule has 0 radical (unpaired) electrons. The Labute approximate surface area is 178 Å². The van der Waals surface area contributed by atoms with Crippen molar-refractivity contribution in [3.63, 3.8) is 0 Å². The SMILES string of the molecule is CC(C)(C)C(=O)Nc1ccc([C@@H]2SCC(=O)N2c2ccc(C(C)(C)C)cc2)cc1. The van der Waals surface area contributed by atoms with E-state index in [0.29, 0.717) is 5.75 Å². The minimum Gasteiger partial charge on any atom is -0.326 e. The molecule has 0 spiro atoms. The van der Waals surface area contributed by atoms with Crippen molar-refractivity contribution in [3.8, 4) is 0 Å². The zero-order chi connectivity index (χ0) is 21.4. The molecule has 4 nitrogen and oxygen atoms in total. The van der Waals surface area contributed by atoms with Crippen LogP contribution in [0.2, 0.25) is 0 Å². The molecule has 29 heavy (non-hydrogen) atoms. The molecule has 154 valence electrons. The van der Waals surface area contributed by atoms with Crippen LogP contribution in [0.1, 0.15) is 58.0 Å². The summed E-state index contributed by atoms with van der Waals surface area (Å²) in [5.74, 6) is 0.568. The fourth-order valence-electron chi connectivity index (χ4n) is 3.12. The quantitative estimate of drug-likeness (QED) is 0.701. The van der Waals surface area contributed by atoms with Gasteiger partial charge < -0.3 is 5.32 Å². The standard InChI is InChI=1S/C24H30N2O2S/c1-23(2,3)17-9-13-19(14-10-17)26-20(27)15-29-21(26)16-7-11-18(12-8-16)25-22(28)24(4,5)6/h7-14,21H,15H2,1-6H3,(H,25,28)/t21-/m0/s1. The van der Waals surface area contributed by atoms with Gasteiger partial charge >= 0.3 is 0 Å². The summed E-state index contributed by atoms with van der Waals surface area (Å²) in [7, 11) is 0. The zero-order valence-corrected chi connectivity index (χ0v) is 18.9. The molecule has 0 aliphatic carbocycles. The van der Waals surface area contributed by atoms with Crippen molar-refractivity contribution >= 4 is 35.0 Å². The van der Waals surface area contributed by atoms with E-state index < -0.39 is 5.41 Å². The smallest absolute Gasteiger partial charge is 0.238 e. The third-order valence-electron chi connectivity index (χ3n) is 5.01. The van der Waals surface area contributed by atoms with E-state index >= 15 is 0 Å². The molecule has 1 atom stereocenters. The molecule has 2 aromatic carbocycles. The number of nitrogens with zero attached hydrogens (tertiary/aromatic N) is 1. The average Bonchev–Trinajstić information content (AvgIpc) is 3.02. The van der Waals surface area contributed by atoms with Gasteiger partial charge in [0.2, 0.25) is 11.8 Å². The maximum atomic E-state index is 12.6. The minimum atomic E-state index is -0.442. The Balaban J connectivity index is 1.81. The van der Waals surface area contributed by atoms with E-state index in [4.69, 9.17) is 0 Å². The first-order valence-electron chi connectivity index (χ1n) is 9.92. The van der Waals surface area contributed by atoms with Crippen molar-refractivity contribution in [1.82, 2.24) is 0 Å². The van der Waals surface area contributed by atoms with Gasteiger partial charge in [0.05, 0.1) is 5.75 Å². The van der Waals surface area contributed by atoms with Crippen molar-refractivity contribution in [2.75, 3.05) is 16.0 Å². The van der Waals surface area contributed by atoms with Crippen LogP contribution in [0.4, 0.5) is 11.4 Å². The Hall–Kier alpha value is -2.27. The van der Waals surface area contributed by atoms with E-state index in [1.807, 2.05) is 62.1 Å². The van der Waals surface area contributed by atoms with Gasteiger partial charge in [0.1, 0.15) is 5.37 Å². The highest BCUT2D eigenvalue weighted by atomic mass is 32.2. The number of hydrogen-bond donors (Lipinski definition) is 1. The van der Waals surface area contributed by atoms with Crippen LogP contribution in [0.25, 0.3) is 0 Å². The summed E-state index contributed by atoms with van der Waals surface area (Å²) < 4.78 is 0. The first-order valence-corrected chi connectivity index (χ1v) is 11.0. The van der Waals surface area contributed by atoms with Crippen molar-refractivity contribution < 1.29 is 9.59 Å². The molecule has 5 heteroatoms. The number of anilines is 2. The van der Waals surface area contributed by atoms with Crippen LogP contribution in [-0.4, -0.2) is 17.6 Å². The van der Waals surface area contributed by atoms with E-state index in [0.717, 1.165) is 16.9 Å². The summed E-state index contributed by atoms with van der Waals surface area (Å²) in [6.07, 6.45) is 0. The summed E-state index contributed by atoms with van der Waals surface area (Å²) in [6.45, 7) is 12.2. The Morgan fingerprint density at radius 3 is 2.07 bits per heavy atom. The molecule has 1 aliphatic heterocycles. The van der Waals surface area contributed by atoms with Gasteiger partial charge in [-0.3, -0.25) is 14.5 Å². The highest BCUT2D eigenvalue weighted by Crippen LogP contribution is 2.42. The highest BCUT2D eigenvalue weighted by molar-refractivity contribution is 8.00. The fourth-order valence-corrected chi connectivity index (χ4v) is 4.30. The first-order chi connectivity index (χ1) is 13.5. The Bertz CT molecular complexity index is 890. The Morgan fingerprint density at radius 1 is 0.966 bits per heavy atom. The van der Waals surface area contributed by atoms with Crippen molar-refractivity contribution in [1.29, 1.82) is 0 Å². The number of amides is 2. The molecule has 0 unspecified atom stereocenters. The number of benzene rings is 2. The van der Waals surface area contributed by atoms with Crippen molar-refractivity contribution in [3.05, 3.63) is 59.7 Å². The summed E-state index contributed by atoms with van der Waals surface area (Å²) in [6, 6.07) is 16.1. The lowest BCUT2D eigenvalue weighted by molar-refractivity contribution is -0.123. The van der Waals surface area contributed by atoms with Gasteiger partial charge in [-0.15, -0.1) is 11.8 Å². The van der Waals surface area contributed by atoms with E-state index in [9.17, 15) is 9.59 Å². The lowest BCUT2D eigenvalue weighted by atomic mass is 9.87. The van der Waals surface area contributed by atoms with Gasteiger partial charge in [-0.1, -0.05) is 65.8 Å². The molecule has 3 rings (SSSR count). The summed E-state index contributed by atoms with van der Waals surface area (Å²) in [4.78, 5) is 26.7. The second kappa shape index (κ2) is 7.86. The molecule has 2 aromatic rings. The van der Waals surface area contributed by atoms with Crippen LogP contribution in [0, 0.1) is 5.41 Å². The molecule has 2 amide bonds. The summed E-state index contributed by atoms with van der Waals surface area (Å²) in [5.41, 5.74) is 3.62. The molecule has 0 aromatic heterocycles. The normalized spacial score (nSPS) is 17.5. The topological polar surface area (TPSA) is 49.4 Å². The predicted molar refractivity (Wildman–Crippen MR) is 122 cm³/mol. The van der Waals surface area contributed by atoms with Gasteiger partial charge in [0.15, 0.2) is 0 Å². The molecule has 1 heterocycles. The first kappa shape index (κ1) is 21.4. The van der Waals surface area contributed by atoms with Crippen molar-refractivity contribution in [2.45, 2.75) is 52.3 Å². The molecular formula is C24H30N2O2S. The van der Waals surface area contributed by atoms with Gasteiger partial charge in [-0.2, -0.15) is 0 Å². The third-order valence-corrected chi connectivity index (χ3v) is 6.23. The number of nitrogens with one attached hydrogen (secondary N) is 1. The monoisotopic (exact) mass is 410 g/mol. The number of carbonyl (C=O) groups excluding carboxylic acids is 2. The second-order valence-corrected chi connectivity index (χ2v) is 10.6. The second-order valence-electron chi connectivity index (χ2n) is 9.55. The molecule has 1 fully saturated rings. The lowest BCUT2D eigenvalue weighted by Gasteiger charge is -2.26. The predicted octanol–water partition coefficient (Wildman–Crippen LogP) is 5.75. The molecule has 1 saturated heterocycles. The molecule has 1 N–H and O–H groups in total. The van der Waals surface area contributed by atoms with Gasteiger partial charge in [0.25, 0.3) is 0 Å². The molecule has 1 aliphatic rings. The molecule has 0 bridgehead atoms.